The van der Waals surface area contributed by atoms with Gasteiger partial charge in [0.05, 0.1) is 5.52 Å². The molecule has 2 aromatic rings. The number of carbonyl (C=O) groups is 1. The molecule has 4 nitrogen and oxygen atoms in total. The van der Waals surface area contributed by atoms with Crippen LogP contribution in [0, 0.1) is 6.92 Å². The van der Waals surface area contributed by atoms with Gasteiger partial charge >= 0.3 is 5.97 Å². The van der Waals surface area contributed by atoms with Crippen LogP contribution in [0.1, 0.15) is 11.1 Å². The third kappa shape index (κ3) is 2.39. The Balaban J connectivity index is 2.84. The topological polar surface area (TPSA) is 59.3 Å². The van der Waals surface area contributed by atoms with Crippen LogP contribution in [0.5, 0.6) is 0 Å². The summed E-state index contributed by atoms with van der Waals surface area (Å²) in [5, 5.41) is 10.1. The van der Waals surface area contributed by atoms with Gasteiger partial charge in [0.1, 0.15) is 0 Å². The molecule has 1 aromatic heterocycles. The molecule has 1 heterocycles. The number of carboxylic acids is 1. The molecule has 1 aromatic carbocycles. The van der Waals surface area contributed by atoms with Crippen molar-refractivity contribution in [1.29, 1.82) is 0 Å². The minimum Gasteiger partial charge on any atom is -0.478 e. The van der Waals surface area contributed by atoms with Gasteiger partial charge in [-0.15, -0.1) is 0 Å². The van der Waals surface area contributed by atoms with Gasteiger partial charge in [-0.05, 0) is 30.7 Å². The highest BCUT2D eigenvalue weighted by molar-refractivity contribution is 6.31. The zero-order chi connectivity index (χ0) is 14.2. The second-order valence-corrected chi connectivity index (χ2v) is 4.67. The molecule has 1 N–H and O–H groups in total. The number of fused-ring (bicyclic) bond motifs is 1. The monoisotopic (exact) mass is 277 g/mol. The molecule has 0 saturated heterocycles. The van der Waals surface area contributed by atoms with Crippen LogP contribution in [0.3, 0.4) is 0 Å². The fourth-order valence-corrected chi connectivity index (χ4v) is 2.21. The molecule has 0 atom stereocenters. The Morgan fingerprint density at radius 2 is 2.11 bits per heavy atom. The number of carboxylic acid groups (broad SMARTS) is 1. The van der Waals surface area contributed by atoms with Gasteiger partial charge in [-0.3, -0.25) is 4.79 Å². The van der Waals surface area contributed by atoms with Crippen molar-refractivity contribution in [3.05, 3.63) is 50.8 Å². The first kappa shape index (κ1) is 13.4. The summed E-state index contributed by atoms with van der Waals surface area (Å²) in [6, 6.07) is 5.28. The van der Waals surface area contributed by atoms with Crippen molar-refractivity contribution < 1.29 is 9.90 Å². The normalized spacial score (nSPS) is 11.3. The van der Waals surface area contributed by atoms with E-state index in [1.807, 2.05) is 6.07 Å². The molecule has 19 heavy (non-hydrogen) atoms. The minimum absolute atomic E-state index is 0.246. The maximum Gasteiger partial charge on any atom is 0.328 e. The lowest BCUT2D eigenvalue weighted by atomic mass is 10.0. The molecular formula is C14H12ClNO3. The van der Waals surface area contributed by atoms with E-state index in [2.05, 4.69) is 0 Å². The SMILES string of the molecule is Cc1c(/C=C/C(=O)O)c(=O)n(C)c2cc(Cl)ccc12. The highest BCUT2D eigenvalue weighted by atomic mass is 35.5. The highest BCUT2D eigenvalue weighted by Crippen LogP contribution is 2.23. The van der Waals surface area contributed by atoms with Gasteiger partial charge in [0.2, 0.25) is 0 Å². The van der Waals surface area contributed by atoms with Gasteiger partial charge in [-0.2, -0.15) is 0 Å². The molecule has 0 fully saturated rings. The molecule has 5 heteroatoms. The van der Waals surface area contributed by atoms with Gasteiger partial charge in [-0.25, -0.2) is 4.79 Å². The molecular weight excluding hydrogens is 266 g/mol. The number of hydrogen-bond acceptors (Lipinski definition) is 2. The van der Waals surface area contributed by atoms with Gasteiger partial charge in [0.25, 0.3) is 5.56 Å². The van der Waals surface area contributed by atoms with E-state index in [9.17, 15) is 9.59 Å². The van der Waals surface area contributed by atoms with Gasteiger partial charge in [0.15, 0.2) is 0 Å². The van der Waals surface area contributed by atoms with Crippen LogP contribution in [0.4, 0.5) is 0 Å². The summed E-state index contributed by atoms with van der Waals surface area (Å²) in [7, 11) is 1.64. The van der Waals surface area contributed by atoms with Gasteiger partial charge < -0.3 is 9.67 Å². The first-order valence-electron chi connectivity index (χ1n) is 5.61. The van der Waals surface area contributed by atoms with Crippen LogP contribution >= 0.6 is 11.6 Å². The number of aliphatic carboxylic acids is 1. The summed E-state index contributed by atoms with van der Waals surface area (Å²) in [5.74, 6) is -1.09. The zero-order valence-corrected chi connectivity index (χ0v) is 11.2. The summed E-state index contributed by atoms with van der Waals surface area (Å²) in [5.41, 5.74) is 1.60. The van der Waals surface area contributed by atoms with Crippen molar-refractivity contribution in [2.75, 3.05) is 0 Å². The lowest BCUT2D eigenvalue weighted by molar-refractivity contribution is -0.131. The summed E-state index contributed by atoms with van der Waals surface area (Å²) < 4.78 is 1.47. The average Bonchev–Trinajstić information content (AvgIpc) is 2.35. The van der Waals surface area contributed by atoms with Crippen molar-refractivity contribution in [1.82, 2.24) is 4.57 Å². The average molecular weight is 278 g/mol. The Morgan fingerprint density at radius 1 is 1.42 bits per heavy atom. The van der Waals surface area contributed by atoms with Crippen molar-refractivity contribution in [3.63, 3.8) is 0 Å². The van der Waals surface area contributed by atoms with Crippen molar-refractivity contribution in [2.45, 2.75) is 6.92 Å². The summed E-state index contributed by atoms with van der Waals surface area (Å²) in [6.07, 6.45) is 2.29. The molecule has 0 unspecified atom stereocenters. The van der Waals surface area contributed by atoms with Crippen LogP contribution in [-0.4, -0.2) is 15.6 Å². The van der Waals surface area contributed by atoms with Crippen molar-refractivity contribution >= 4 is 34.5 Å². The maximum absolute atomic E-state index is 12.2. The number of benzene rings is 1. The molecule has 0 amide bonds. The number of rotatable bonds is 2. The fourth-order valence-electron chi connectivity index (χ4n) is 2.05. The van der Waals surface area contributed by atoms with E-state index in [1.54, 1.807) is 26.1 Å². The van der Waals surface area contributed by atoms with Crippen LogP contribution in [0.25, 0.3) is 17.0 Å². The van der Waals surface area contributed by atoms with E-state index in [0.29, 0.717) is 10.6 Å². The zero-order valence-electron chi connectivity index (χ0n) is 10.5. The maximum atomic E-state index is 12.2. The molecule has 0 aliphatic carbocycles. The van der Waals surface area contributed by atoms with E-state index < -0.39 is 5.97 Å². The van der Waals surface area contributed by atoms with E-state index in [-0.39, 0.29) is 5.56 Å². The number of halogens is 1. The quantitative estimate of drug-likeness (QED) is 0.859. The predicted molar refractivity (Wildman–Crippen MR) is 75.6 cm³/mol. The van der Waals surface area contributed by atoms with Crippen molar-refractivity contribution in [3.8, 4) is 0 Å². The lowest BCUT2D eigenvalue weighted by Gasteiger charge is -2.11. The third-order valence-electron chi connectivity index (χ3n) is 3.06. The van der Waals surface area contributed by atoms with Crippen LogP contribution in [-0.2, 0) is 11.8 Å². The Bertz CT molecular complexity index is 759. The standard InChI is InChI=1S/C14H12ClNO3/c1-8-10-4-3-9(15)7-12(10)16(2)14(19)11(8)5-6-13(17)18/h3-7H,1-2H3,(H,17,18)/b6-5+. The summed E-state index contributed by atoms with van der Waals surface area (Å²) >= 11 is 5.93. The lowest BCUT2D eigenvalue weighted by Crippen LogP contribution is -2.21. The van der Waals surface area contributed by atoms with Crippen LogP contribution in [0.2, 0.25) is 5.02 Å². The van der Waals surface area contributed by atoms with Crippen LogP contribution in [0.15, 0.2) is 29.1 Å². The Hall–Kier alpha value is -2.07. The van der Waals surface area contributed by atoms with E-state index >= 15 is 0 Å². The highest BCUT2D eigenvalue weighted by Gasteiger charge is 2.10. The van der Waals surface area contributed by atoms with Crippen molar-refractivity contribution in [2.24, 2.45) is 7.05 Å². The molecule has 2 rings (SSSR count). The van der Waals surface area contributed by atoms with Gasteiger partial charge in [0, 0.05) is 29.1 Å². The Labute approximate surface area is 114 Å². The summed E-state index contributed by atoms with van der Waals surface area (Å²) in [6.45, 7) is 1.79. The second-order valence-electron chi connectivity index (χ2n) is 4.24. The fraction of sp³-hybridized carbons (Fsp3) is 0.143. The smallest absolute Gasteiger partial charge is 0.328 e. The van der Waals surface area contributed by atoms with E-state index in [0.717, 1.165) is 22.5 Å². The molecule has 0 bridgehead atoms. The van der Waals surface area contributed by atoms with Gasteiger partial charge in [-0.1, -0.05) is 17.7 Å². The Morgan fingerprint density at radius 3 is 2.74 bits per heavy atom. The largest absolute Gasteiger partial charge is 0.478 e. The molecule has 0 saturated carbocycles. The molecule has 0 radical (unpaired) electrons. The number of pyridine rings is 1. The summed E-state index contributed by atoms with van der Waals surface area (Å²) in [4.78, 5) is 22.8. The molecule has 0 aliphatic rings. The van der Waals surface area contributed by atoms with Crippen LogP contribution < -0.4 is 5.56 Å². The predicted octanol–water partition coefficient (Wildman–Crippen LogP) is 2.60. The first-order chi connectivity index (χ1) is 8.91. The minimum atomic E-state index is -1.09. The molecule has 0 aliphatic heterocycles. The third-order valence-corrected chi connectivity index (χ3v) is 3.29. The number of aromatic nitrogens is 1. The Kier molecular flexibility index (Phi) is 3.44. The first-order valence-corrected chi connectivity index (χ1v) is 5.99. The number of hydrogen-bond donors (Lipinski definition) is 1. The number of aryl methyl sites for hydroxylation is 2. The van der Waals surface area contributed by atoms with E-state index in [1.165, 1.54) is 10.6 Å². The second kappa shape index (κ2) is 4.90. The molecule has 98 valence electrons. The molecule has 0 spiro atoms. The van der Waals surface area contributed by atoms with E-state index in [4.69, 9.17) is 16.7 Å². The number of nitrogens with zero attached hydrogens (tertiary/aromatic N) is 1.